The molecule has 0 radical (unpaired) electrons. The van der Waals surface area contributed by atoms with Crippen LogP contribution in [0.4, 0.5) is 5.69 Å². The van der Waals surface area contributed by atoms with E-state index >= 15 is 0 Å². The molecule has 1 amide bonds. The fourth-order valence-corrected chi connectivity index (χ4v) is 6.94. The molecule has 0 aliphatic heterocycles. The van der Waals surface area contributed by atoms with E-state index in [1.54, 1.807) is 11.3 Å². The van der Waals surface area contributed by atoms with Crippen LogP contribution in [0, 0.1) is 24.7 Å². The minimum atomic E-state index is -0.227. The molecule has 4 fully saturated rings. The lowest BCUT2D eigenvalue weighted by Gasteiger charge is -2.57. The topological polar surface area (TPSA) is 54.0 Å². The van der Waals surface area contributed by atoms with Crippen molar-refractivity contribution >= 4 is 33.1 Å². The van der Waals surface area contributed by atoms with Gasteiger partial charge in [0.15, 0.2) is 0 Å². The number of rotatable bonds is 4. The molecule has 26 heavy (non-hydrogen) atoms. The zero-order valence-corrected chi connectivity index (χ0v) is 16.4. The highest BCUT2D eigenvalue weighted by Gasteiger charge is 2.51. The number of nitrogens with one attached hydrogen (secondary N) is 2. The third-order valence-corrected chi connectivity index (χ3v) is 7.63. The van der Waals surface area contributed by atoms with Crippen LogP contribution in [0.25, 0.3) is 10.2 Å². The van der Waals surface area contributed by atoms with Crippen molar-refractivity contribution in [3.8, 4) is 0 Å². The highest BCUT2D eigenvalue weighted by molar-refractivity contribution is 7.18. The van der Waals surface area contributed by atoms with E-state index in [2.05, 4.69) is 21.7 Å². The zero-order valence-electron chi connectivity index (χ0n) is 15.5. The smallest absolute Gasteiger partial charge is 0.242 e. The van der Waals surface area contributed by atoms with Gasteiger partial charge >= 0.3 is 0 Å². The first-order valence-electron chi connectivity index (χ1n) is 9.94. The third kappa shape index (κ3) is 2.90. The van der Waals surface area contributed by atoms with Crippen LogP contribution in [0.1, 0.15) is 50.5 Å². The molecule has 0 spiro atoms. The van der Waals surface area contributed by atoms with Crippen LogP contribution in [0.2, 0.25) is 0 Å². The molecule has 138 valence electrons. The molecule has 6 rings (SSSR count). The molecule has 4 nitrogen and oxygen atoms in total. The Morgan fingerprint density at radius 1 is 1.19 bits per heavy atom. The summed E-state index contributed by atoms with van der Waals surface area (Å²) in [7, 11) is 0. The van der Waals surface area contributed by atoms with E-state index in [-0.39, 0.29) is 17.5 Å². The number of benzene rings is 1. The Balaban J connectivity index is 1.27. The molecule has 1 aromatic carbocycles. The Kier molecular flexibility index (Phi) is 3.78. The van der Waals surface area contributed by atoms with Gasteiger partial charge in [-0.1, -0.05) is 0 Å². The summed E-state index contributed by atoms with van der Waals surface area (Å²) >= 11 is 1.69. The molecule has 1 heterocycles. The number of hydrogen-bond acceptors (Lipinski definition) is 4. The summed E-state index contributed by atoms with van der Waals surface area (Å²) in [6, 6.07) is 5.93. The standard InChI is InChI=1S/C21H27N3OS/c1-12(22-17-3-4-18-19(8-17)26-13(2)23-18)20(25)24-21-9-14-5-15(10-21)7-16(6-14)11-21/h3-4,8,12,14-16,22H,5-7,9-11H2,1-2H3,(H,24,25)/t12-,14?,15?,16?,21?/m1/s1. The molecule has 5 heteroatoms. The molecular formula is C21H27N3OS. The van der Waals surface area contributed by atoms with Gasteiger partial charge < -0.3 is 10.6 Å². The predicted octanol–water partition coefficient (Wildman–Crippen LogP) is 4.49. The molecule has 1 aromatic heterocycles. The minimum Gasteiger partial charge on any atom is -0.374 e. The van der Waals surface area contributed by atoms with Crippen molar-refractivity contribution in [2.24, 2.45) is 17.8 Å². The van der Waals surface area contributed by atoms with Crippen molar-refractivity contribution in [3.05, 3.63) is 23.2 Å². The molecule has 4 aliphatic carbocycles. The van der Waals surface area contributed by atoms with Crippen LogP contribution in [-0.4, -0.2) is 22.5 Å². The lowest BCUT2D eigenvalue weighted by atomic mass is 9.53. The van der Waals surface area contributed by atoms with Crippen molar-refractivity contribution in [1.29, 1.82) is 0 Å². The van der Waals surface area contributed by atoms with E-state index in [0.717, 1.165) is 34.0 Å². The Morgan fingerprint density at radius 2 is 1.85 bits per heavy atom. The third-order valence-electron chi connectivity index (χ3n) is 6.70. The van der Waals surface area contributed by atoms with E-state index in [9.17, 15) is 4.79 Å². The molecule has 4 saturated carbocycles. The van der Waals surface area contributed by atoms with Crippen LogP contribution in [0.15, 0.2) is 18.2 Å². The van der Waals surface area contributed by atoms with E-state index in [1.807, 2.05) is 26.0 Å². The van der Waals surface area contributed by atoms with Crippen LogP contribution in [0.3, 0.4) is 0 Å². The van der Waals surface area contributed by atoms with E-state index < -0.39 is 0 Å². The summed E-state index contributed by atoms with van der Waals surface area (Å²) in [5, 5.41) is 7.94. The number of fused-ring (bicyclic) bond motifs is 1. The van der Waals surface area contributed by atoms with Crippen molar-refractivity contribution in [2.45, 2.75) is 64.0 Å². The molecule has 0 saturated heterocycles. The normalized spacial score (nSPS) is 33.4. The van der Waals surface area contributed by atoms with Gasteiger partial charge in [0, 0.05) is 11.2 Å². The van der Waals surface area contributed by atoms with E-state index in [1.165, 1.54) is 43.2 Å². The fourth-order valence-electron chi connectivity index (χ4n) is 6.08. The maximum absolute atomic E-state index is 12.9. The maximum Gasteiger partial charge on any atom is 0.242 e. The average Bonchev–Trinajstić information content (AvgIpc) is 2.92. The monoisotopic (exact) mass is 369 g/mol. The van der Waals surface area contributed by atoms with Gasteiger partial charge in [-0.3, -0.25) is 4.79 Å². The lowest BCUT2D eigenvalue weighted by molar-refractivity contribution is -0.127. The van der Waals surface area contributed by atoms with Gasteiger partial charge in [0.2, 0.25) is 5.91 Å². The van der Waals surface area contributed by atoms with Crippen molar-refractivity contribution in [1.82, 2.24) is 10.3 Å². The Bertz CT molecular complexity index is 823. The number of amides is 1. The molecule has 2 aromatic rings. The number of anilines is 1. The fraction of sp³-hybridized carbons (Fsp3) is 0.619. The van der Waals surface area contributed by atoms with Crippen molar-refractivity contribution in [3.63, 3.8) is 0 Å². The summed E-state index contributed by atoms with van der Waals surface area (Å²) in [5.41, 5.74) is 2.11. The second kappa shape index (κ2) is 5.95. The van der Waals surface area contributed by atoms with Crippen LogP contribution in [-0.2, 0) is 4.79 Å². The van der Waals surface area contributed by atoms with Crippen molar-refractivity contribution < 1.29 is 4.79 Å². The predicted molar refractivity (Wildman–Crippen MR) is 106 cm³/mol. The van der Waals surface area contributed by atoms with Crippen LogP contribution < -0.4 is 10.6 Å². The Labute approximate surface area is 158 Å². The summed E-state index contributed by atoms with van der Waals surface area (Å²) in [6.45, 7) is 4.00. The molecule has 4 bridgehead atoms. The zero-order chi connectivity index (χ0) is 17.9. The quantitative estimate of drug-likeness (QED) is 0.835. The highest BCUT2D eigenvalue weighted by atomic mass is 32.1. The largest absolute Gasteiger partial charge is 0.374 e. The van der Waals surface area contributed by atoms with Crippen LogP contribution in [0.5, 0.6) is 0 Å². The van der Waals surface area contributed by atoms with Gasteiger partial charge in [-0.05, 0) is 88.3 Å². The average molecular weight is 370 g/mol. The summed E-state index contributed by atoms with van der Waals surface area (Å²) in [5.74, 6) is 2.69. The molecule has 2 N–H and O–H groups in total. The number of aromatic nitrogens is 1. The minimum absolute atomic E-state index is 0.0838. The van der Waals surface area contributed by atoms with Gasteiger partial charge in [-0.25, -0.2) is 4.98 Å². The van der Waals surface area contributed by atoms with Gasteiger partial charge in [-0.15, -0.1) is 11.3 Å². The summed E-state index contributed by atoms with van der Waals surface area (Å²) in [4.78, 5) is 17.4. The number of aryl methyl sites for hydroxylation is 1. The van der Waals surface area contributed by atoms with Crippen LogP contribution >= 0.6 is 11.3 Å². The van der Waals surface area contributed by atoms with E-state index in [0.29, 0.717) is 0 Å². The molecule has 1 atom stereocenters. The molecule has 0 unspecified atom stereocenters. The summed E-state index contributed by atoms with van der Waals surface area (Å²) < 4.78 is 1.17. The van der Waals surface area contributed by atoms with E-state index in [4.69, 9.17) is 0 Å². The lowest BCUT2D eigenvalue weighted by Crippen LogP contribution is -2.61. The summed E-state index contributed by atoms with van der Waals surface area (Å²) in [6.07, 6.45) is 7.79. The number of hydrogen-bond donors (Lipinski definition) is 2. The number of nitrogens with zero attached hydrogens (tertiary/aromatic N) is 1. The first-order chi connectivity index (χ1) is 12.5. The number of carbonyl (C=O) groups excluding carboxylic acids is 1. The number of thiazole rings is 1. The first-order valence-corrected chi connectivity index (χ1v) is 10.8. The van der Waals surface area contributed by atoms with Gasteiger partial charge in [0.25, 0.3) is 0 Å². The van der Waals surface area contributed by atoms with Gasteiger partial charge in [-0.2, -0.15) is 0 Å². The SMILES string of the molecule is Cc1nc2ccc(N[C@H](C)C(=O)NC34CC5CC(CC(C5)C3)C4)cc2s1. The highest BCUT2D eigenvalue weighted by Crippen LogP contribution is 2.55. The first kappa shape index (κ1) is 16.5. The Morgan fingerprint density at radius 3 is 2.50 bits per heavy atom. The second-order valence-corrected chi connectivity index (χ2v) is 10.2. The Hall–Kier alpha value is -1.62. The molecular weight excluding hydrogens is 342 g/mol. The van der Waals surface area contributed by atoms with Gasteiger partial charge in [0.1, 0.15) is 6.04 Å². The molecule has 4 aliphatic rings. The number of carbonyl (C=O) groups is 1. The van der Waals surface area contributed by atoms with Gasteiger partial charge in [0.05, 0.1) is 15.2 Å². The van der Waals surface area contributed by atoms with Crippen molar-refractivity contribution in [2.75, 3.05) is 5.32 Å². The maximum atomic E-state index is 12.9. The second-order valence-electron chi connectivity index (χ2n) is 8.97.